The van der Waals surface area contributed by atoms with Crippen LogP contribution in [0.15, 0.2) is 232 Å². The van der Waals surface area contributed by atoms with Gasteiger partial charge in [0.15, 0.2) is 34.7 Å². The van der Waals surface area contributed by atoms with Gasteiger partial charge in [-0.15, -0.1) is 0 Å². The summed E-state index contributed by atoms with van der Waals surface area (Å²) < 4.78 is 40.3. The first-order chi connectivity index (χ1) is 62.0. The van der Waals surface area contributed by atoms with Crippen molar-refractivity contribution in [2.45, 2.75) is 174 Å². The quantitative estimate of drug-likeness (QED) is 0.0198. The van der Waals surface area contributed by atoms with Crippen molar-refractivity contribution in [3.05, 3.63) is 357 Å². The van der Waals surface area contributed by atoms with Crippen molar-refractivity contribution in [1.29, 1.82) is 0 Å². The highest BCUT2D eigenvalue weighted by Gasteiger charge is 2.49. The molecule has 18 rings (SSSR count). The predicted molar refractivity (Wildman–Crippen MR) is 467 cm³/mol. The average Bonchev–Trinajstić information content (AvgIpc) is 1.63. The van der Waals surface area contributed by atoms with Gasteiger partial charge < -0.3 is 35.7 Å². The molecular weight excluding hydrogens is 1630 g/mol. The van der Waals surface area contributed by atoms with E-state index in [1.807, 2.05) is 54.6 Å². The molecule has 0 radical (unpaired) electrons. The van der Waals surface area contributed by atoms with Crippen molar-refractivity contribution in [2.75, 3.05) is 39.6 Å². The number of Topliss-reactive ketones (excluding diaryl/α,β-unsaturated/α-hetero) is 6. The highest BCUT2D eigenvalue weighted by atomic mass is 19.1. The molecule has 0 saturated heterocycles. The Bertz CT molecular complexity index is 5730. The summed E-state index contributed by atoms with van der Waals surface area (Å²) in [5, 5.41) is 62.0. The van der Waals surface area contributed by atoms with E-state index in [-0.39, 0.29) is 85.2 Å². The summed E-state index contributed by atoms with van der Waals surface area (Å²) in [7, 11) is 0. The largest absolute Gasteiger partial charge is 0.392 e. The van der Waals surface area contributed by atoms with Crippen LogP contribution in [0.25, 0.3) is 0 Å². The maximum Gasteiger partial charge on any atom is 0.191 e. The minimum absolute atomic E-state index is 0.00377. The third kappa shape index (κ3) is 24.2. The second kappa shape index (κ2) is 42.8. The lowest BCUT2D eigenvalue weighted by atomic mass is 9.67. The highest BCUT2D eigenvalue weighted by molar-refractivity contribution is 5.98. The summed E-state index contributed by atoms with van der Waals surface area (Å²) in [6, 6.07) is 49.1. The van der Waals surface area contributed by atoms with E-state index in [0.717, 1.165) is 125 Å². The minimum Gasteiger partial charge on any atom is -0.392 e. The van der Waals surface area contributed by atoms with Crippen LogP contribution in [0.4, 0.5) is 13.2 Å². The van der Waals surface area contributed by atoms with E-state index in [1.165, 1.54) is 135 Å². The molecule has 6 fully saturated rings. The number of carbonyl (C=O) groups excluding carboxylic acids is 6. The van der Waals surface area contributed by atoms with Gasteiger partial charge >= 0.3 is 0 Å². The van der Waals surface area contributed by atoms with E-state index in [2.05, 4.69) is 120 Å². The molecular formula is C100H101F3N12O13. The molecule has 0 unspecified atom stereocenters. The normalized spacial score (nSPS) is 15.9. The fourth-order valence-electron chi connectivity index (χ4n) is 16.3. The van der Waals surface area contributed by atoms with Gasteiger partial charge in [0.05, 0.1) is 40.0 Å². The van der Waals surface area contributed by atoms with E-state index in [0.29, 0.717) is 75.9 Å². The lowest BCUT2D eigenvalue weighted by Gasteiger charge is -2.37. The van der Waals surface area contributed by atoms with Gasteiger partial charge in [-0.1, -0.05) is 147 Å². The minimum atomic E-state index is -0.554. The Morgan fingerprint density at radius 1 is 0.250 bits per heavy atom. The van der Waals surface area contributed by atoms with Crippen LogP contribution < -0.4 is 0 Å². The van der Waals surface area contributed by atoms with Gasteiger partial charge in [0, 0.05) is 145 Å². The first-order valence-corrected chi connectivity index (χ1v) is 42.8. The van der Waals surface area contributed by atoms with Crippen LogP contribution >= 0.6 is 0 Å². The second-order valence-corrected chi connectivity index (χ2v) is 33.7. The number of hydrogen-bond acceptors (Lipinski definition) is 25. The van der Waals surface area contributed by atoms with Crippen LogP contribution in [0.1, 0.15) is 232 Å². The zero-order valence-electron chi connectivity index (χ0n) is 70.8. The number of hydrogen-bond donors (Lipinski definition) is 7. The smallest absolute Gasteiger partial charge is 0.191 e. The molecule has 6 aliphatic rings. The Morgan fingerprint density at radius 3 is 0.773 bits per heavy atom. The molecule has 0 spiro atoms. The van der Waals surface area contributed by atoms with Crippen molar-refractivity contribution in [3.8, 4) is 0 Å². The van der Waals surface area contributed by atoms with E-state index >= 15 is 0 Å². The van der Waals surface area contributed by atoms with E-state index in [9.17, 15) is 41.9 Å². The molecule has 0 bridgehead atoms. The van der Waals surface area contributed by atoms with Crippen LogP contribution in [0.3, 0.4) is 0 Å². The summed E-state index contributed by atoms with van der Waals surface area (Å²) in [5.74, 6) is 1.20. The molecule has 660 valence electrons. The lowest BCUT2D eigenvalue weighted by molar-refractivity contribution is 0.0897. The van der Waals surface area contributed by atoms with Crippen LogP contribution in [0, 0.1) is 17.5 Å². The van der Waals surface area contributed by atoms with Crippen LogP contribution in [-0.2, 0) is 77.6 Å². The number of aliphatic hydroxyl groups excluding tert-OH is 7. The van der Waals surface area contributed by atoms with E-state index in [4.69, 9.17) is 35.7 Å². The molecule has 0 aliphatic heterocycles. The zero-order chi connectivity index (χ0) is 90.3. The maximum absolute atomic E-state index is 13.9. The highest BCUT2D eigenvalue weighted by Crippen LogP contribution is 2.54. The summed E-state index contributed by atoms with van der Waals surface area (Å²) in [6.45, 7) is -3.12. The van der Waals surface area contributed by atoms with Crippen molar-refractivity contribution in [1.82, 2.24) is 59.8 Å². The predicted octanol–water partition coefficient (Wildman–Crippen LogP) is 12.6. The molecule has 128 heavy (non-hydrogen) atoms. The number of nitrogens with zero attached hydrogens (tertiary/aromatic N) is 12. The molecule has 0 amide bonds. The van der Waals surface area contributed by atoms with Crippen molar-refractivity contribution < 1.29 is 77.7 Å². The monoisotopic (exact) mass is 1730 g/mol. The van der Waals surface area contributed by atoms with E-state index < -0.39 is 51.2 Å². The van der Waals surface area contributed by atoms with Gasteiger partial charge in [-0.3, -0.25) is 28.8 Å². The summed E-state index contributed by atoms with van der Waals surface area (Å²) in [6.07, 6.45) is 38.2. The topological polar surface area (TPSA) is 399 Å². The van der Waals surface area contributed by atoms with Gasteiger partial charge in [-0.2, -0.15) is 0 Å². The van der Waals surface area contributed by atoms with Crippen molar-refractivity contribution in [2.24, 2.45) is 0 Å². The summed E-state index contributed by atoms with van der Waals surface area (Å²) >= 11 is 0. The van der Waals surface area contributed by atoms with Gasteiger partial charge in [0.2, 0.25) is 0 Å². The maximum atomic E-state index is 13.9. The SMILES string of the molecule is O=C(CO)c1cnc(CC2(c3ccc(CO)cc3)CC2)nc1.O=C(CO)c1cnc(CC2(c3ccc(F)cc3)CC2)nc1.O=C(CO)c1cnc(CC2(c3cccc(F)c3)CC2)nc1.O=C(CO)c1cnc(CC2(c3ccccc3)CC2)nc1.O=C(CO)c1cnc(CC2(c3ccccc3)CCCCC2)nc1.O=C(CO)c1cnc(CC2(c3ccccc3F)CC2)nc1. The molecule has 6 aromatic heterocycles. The average molecular weight is 1740 g/mol. The lowest BCUT2D eigenvalue weighted by Crippen LogP contribution is -2.32. The Balaban J connectivity index is 0.000000131. The summed E-state index contributed by atoms with van der Waals surface area (Å²) in [5.41, 5.74) is 9.65. The third-order valence-electron chi connectivity index (χ3n) is 24.9. The number of benzene rings is 6. The fraction of sp³-hybridized carbons (Fsp3) is 0.340. The number of halogens is 3. The molecule has 25 nitrogen and oxygen atoms in total. The Morgan fingerprint density at radius 2 is 0.500 bits per heavy atom. The number of aromatic nitrogens is 12. The van der Waals surface area contributed by atoms with Crippen molar-refractivity contribution >= 4 is 34.7 Å². The first-order valence-electron chi connectivity index (χ1n) is 42.8. The standard InChI is InChI=1S/C19H22N2O2.C17H18N2O3.3C16H15FN2O2.C16H16N2O2/c22-14-17(23)15-12-20-18(21-13-15)11-19(9-5-2-6-10-19)16-7-3-1-4-8-16;20-10-12-1-3-14(4-2-12)17(5-6-17)7-16-18-8-13(9-19-16)15(22)11-21;17-13-3-1-12(2-4-13)16(5-6-16)7-15-18-8-11(9-19-15)14(21)10-20;17-13-3-1-2-12(6-13)16(4-5-16)7-15-18-8-11(9-19-15)14(21)10-20;17-13-4-2-1-3-12(13)16(5-6-16)7-15-18-8-11(9-19-15)14(21)10-20;19-11-14(20)12-9-17-15(18-10-12)8-16(6-7-16)13-4-2-1-3-5-13/h1,3-4,7-8,12-13,22H,2,5-6,9-11,14H2;1-4,8-9,20-21H,5-7,10-11H2;1-4,8-9,20H,5-7,10H2;1-3,6,8-9,20H,4-5,7,10H2;1-4,8-9,20H,5-7,10H2;1-5,9-10,19H,6-8,11H2. The van der Waals surface area contributed by atoms with Crippen LogP contribution in [0.5, 0.6) is 0 Å². The molecule has 6 aliphatic carbocycles. The van der Waals surface area contributed by atoms with Crippen LogP contribution in [-0.4, -0.2) is 170 Å². The number of carbonyl (C=O) groups is 6. The number of ketones is 6. The van der Waals surface area contributed by atoms with Gasteiger partial charge in [0.25, 0.3) is 0 Å². The second-order valence-electron chi connectivity index (χ2n) is 33.7. The molecule has 6 heterocycles. The Labute approximate surface area is 738 Å². The van der Waals surface area contributed by atoms with Gasteiger partial charge in [-0.05, 0) is 146 Å². The molecule has 6 aromatic carbocycles. The van der Waals surface area contributed by atoms with Crippen LogP contribution in [0.2, 0.25) is 0 Å². The van der Waals surface area contributed by atoms with E-state index in [1.54, 1.807) is 18.2 Å². The fourth-order valence-corrected chi connectivity index (χ4v) is 16.3. The Kier molecular flexibility index (Phi) is 31.1. The van der Waals surface area contributed by atoms with Crippen molar-refractivity contribution in [3.63, 3.8) is 0 Å². The van der Waals surface area contributed by atoms with Gasteiger partial charge in [-0.25, -0.2) is 73.0 Å². The number of aliphatic hydroxyl groups is 7. The van der Waals surface area contributed by atoms with Gasteiger partial charge in [0.1, 0.15) is 92.0 Å². The zero-order valence-corrected chi connectivity index (χ0v) is 70.8. The Hall–Kier alpha value is -12.7. The third-order valence-corrected chi connectivity index (χ3v) is 24.9. The molecule has 12 aromatic rings. The molecule has 6 saturated carbocycles. The summed E-state index contributed by atoms with van der Waals surface area (Å²) in [4.78, 5) is 119. The molecule has 28 heteroatoms. The molecule has 0 atom stereocenters. The first kappa shape index (κ1) is 93.0. The molecule has 7 N–H and O–H groups in total. The number of rotatable bonds is 31.